The summed E-state index contributed by atoms with van der Waals surface area (Å²) in [7, 11) is 4.21. The van der Waals surface area contributed by atoms with Crippen LogP contribution < -0.4 is 5.73 Å². The minimum atomic E-state index is 0.669. The molecule has 2 N–H and O–H groups in total. The molecule has 0 saturated carbocycles. The van der Waals surface area contributed by atoms with Crippen molar-refractivity contribution in [3.8, 4) is 0 Å². The average molecular weight is 176 g/mol. The van der Waals surface area contributed by atoms with Gasteiger partial charge in [0.05, 0.1) is 0 Å². The summed E-state index contributed by atoms with van der Waals surface area (Å²) < 4.78 is 0. The van der Waals surface area contributed by atoms with E-state index in [-0.39, 0.29) is 0 Å². The summed E-state index contributed by atoms with van der Waals surface area (Å²) in [6.07, 6.45) is 0. The molecule has 0 amide bonds. The van der Waals surface area contributed by atoms with Crippen LogP contribution in [0.1, 0.15) is 6.92 Å². The number of rotatable bonds is 6. The number of nitrogens with two attached hydrogens (primary N) is 1. The fraction of sp³-hybridized carbons (Fsp3) is 1.00. The van der Waals surface area contributed by atoms with Crippen LogP contribution in [0, 0.1) is 5.92 Å². The molecule has 0 saturated heterocycles. The normalized spacial score (nSPS) is 13.9. The third-order valence-corrected chi connectivity index (χ3v) is 2.76. The van der Waals surface area contributed by atoms with E-state index in [1.54, 1.807) is 0 Å². The van der Waals surface area contributed by atoms with Gasteiger partial charge in [-0.1, -0.05) is 6.92 Å². The zero-order valence-corrected chi connectivity index (χ0v) is 8.66. The molecule has 0 radical (unpaired) electrons. The zero-order chi connectivity index (χ0) is 8.69. The monoisotopic (exact) mass is 176 g/mol. The van der Waals surface area contributed by atoms with Gasteiger partial charge >= 0.3 is 0 Å². The number of hydrogen-bond acceptors (Lipinski definition) is 3. The Hall–Kier alpha value is 0.270. The van der Waals surface area contributed by atoms with Crippen LogP contribution in [0.25, 0.3) is 0 Å². The van der Waals surface area contributed by atoms with Gasteiger partial charge in [0, 0.05) is 12.3 Å². The van der Waals surface area contributed by atoms with Gasteiger partial charge < -0.3 is 10.6 Å². The van der Waals surface area contributed by atoms with E-state index in [9.17, 15) is 0 Å². The van der Waals surface area contributed by atoms with E-state index in [1.165, 1.54) is 18.1 Å². The maximum atomic E-state index is 5.49. The number of nitrogens with zero attached hydrogens (tertiary/aromatic N) is 1. The Labute approximate surface area is 74.5 Å². The molecule has 0 aliphatic carbocycles. The highest BCUT2D eigenvalue weighted by Gasteiger charge is 1.98. The molecular weight excluding hydrogens is 156 g/mol. The molecule has 68 valence electrons. The fourth-order valence-electron chi connectivity index (χ4n) is 0.600. The summed E-state index contributed by atoms with van der Waals surface area (Å²) in [6.45, 7) is 4.18. The van der Waals surface area contributed by atoms with Crippen LogP contribution in [0.3, 0.4) is 0 Å². The summed E-state index contributed by atoms with van der Waals surface area (Å²) in [5.41, 5.74) is 5.49. The van der Waals surface area contributed by atoms with E-state index < -0.39 is 0 Å². The maximum absolute atomic E-state index is 5.49. The highest BCUT2D eigenvalue weighted by molar-refractivity contribution is 7.99. The van der Waals surface area contributed by atoms with Crippen molar-refractivity contribution in [2.45, 2.75) is 6.92 Å². The molecule has 0 fully saturated rings. The second-order valence-electron chi connectivity index (χ2n) is 3.22. The second-order valence-corrected chi connectivity index (χ2v) is 4.37. The molecule has 0 spiro atoms. The number of hydrogen-bond donors (Lipinski definition) is 1. The van der Waals surface area contributed by atoms with Crippen molar-refractivity contribution in [3.63, 3.8) is 0 Å². The quantitative estimate of drug-likeness (QED) is 0.609. The van der Waals surface area contributed by atoms with Crippen molar-refractivity contribution in [2.24, 2.45) is 11.7 Å². The lowest BCUT2D eigenvalue weighted by Gasteiger charge is -2.10. The first-order chi connectivity index (χ1) is 5.16. The molecule has 3 heteroatoms. The van der Waals surface area contributed by atoms with E-state index >= 15 is 0 Å². The average Bonchev–Trinajstić information content (AvgIpc) is 1.97. The van der Waals surface area contributed by atoms with E-state index in [1.807, 2.05) is 11.8 Å². The molecular formula is C8H20N2S. The SMILES string of the molecule is CC(CN)CSCCN(C)C. The van der Waals surface area contributed by atoms with Gasteiger partial charge in [-0.3, -0.25) is 0 Å². The van der Waals surface area contributed by atoms with Gasteiger partial charge in [-0.05, 0) is 32.3 Å². The van der Waals surface area contributed by atoms with Crippen LogP contribution in [-0.4, -0.2) is 43.6 Å². The largest absolute Gasteiger partial charge is 0.330 e. The van der Waals surface area contributed by atoms with Crippen molar-refractivity contribution in [1.82, 2.24) is 4.90 Å². The molecule has 0 heterocycles. The van der Waals surface area contributed by atoms with Crippen molar-refractivity contribution < 1.29 is 0 Å². The summed E-state index contributed by atoms with van der Waals surface area (Å²) in [4.78, 5) is 2.21. The van der Waals surface area contributed by atoms with Crippen molar-refractivity contribution in [3.05, 3.63) is 0 Å². The lowest BCUT2D eigenvalue weighted by atomic mass is 10.2. The molecule has 0 aliphatic rings. The third kappa shape index (κ3) is 8.17. The Kier molecular flexibility index (Phi) is 7.12. The van der Waals surface area contributed by atoms with Gasteiger partial charge in [0.15, 0.2) is 0 Å². The Morgan fingerprint density at radius 2 is 2.09 bits per heavy atom. The van der Waals surface area contributed by atoms with Gasteiger partial charge in [0.1, 0.15) is 0 Å². The summed E-state index contributed by atoms with van der Waals surface area (Å²) >= 11 is 1.99. The van der Waals surface area contributed by atoms with Crippen LogP contribution >= 0.6 is 11.8 Å². The summed E-state index contributed by atoms with van der Waals surface area (Å²) in [5.74, 6) is 3.09. The number of thioether (sulfide) groups is 1. The smallest absolute Gasteiger partial charge is 0.00662 e. The highest BCUT2D eigenvalue weighted by Crippen LogP contribution is 2.06. The fourth-order valence-corrected chi connectivity index (χ4v) is 1.80. The van der Waals surface area contributed by atoms with Crippen molar-refractivity contribution >= 4 is 11.8 Å². The summed E-state index contributed by atoms with van der Waals surface area (Å²) in [5, 5.41) is 0. The predicted octanol–water partition coefficient (Wildman–Crippen LogP) is 0.876. The van der Waals surface area contributed by atoms with Crippen LogP contribution in [0.5, 0.6) is 0 Å². The van der Waals surface area contributed by atoms with Gasteiger partial charge in [-0.25, -0.2) is 0 Å². The first kappa shape index (κ1) is 11.3. The highest BCUT2D eigenvalue weighted by atomic mass is 32.2. The molecule has 1 unspecified atom stereocenters. The third-order valence-electron chi connectivity index (χ3n) is 1.49. The molecule has 11 heavy (non-hydrogen) atoms. The van der Waals surface area contributed by atoms with Crippen LogP contribution in [0.15, 0.2) is 0 Å². The first-order valence-electron chi connectivity index (χ1n) is 4.09. The Balaban J connectivity index is 3.01. The molecule has 0 rings (SSSR count). The van der Waals surface area contributed by atoms with Crippen LogP contribution in [-0.2, 0) is 0 Å². The molecule has 0 aromatic rings. The van der Waals surface area contributed by atoms with Crippen molar-refractivity contribution in [1.29, 1.82) is 0 Å². The van der Waals surface area contributed by atoms with Gasteiger partial charge in [0.25, 0.3) is 0 Å². The predicted molar refractivity (Wildman–Crippen MR) is 54.1 cm³/mol. The standard InChI is InChI=1S/C8H20N2S/c1-8(6-9)7-11-5-4-10(2)3/h8H,4-7,9H2,1-3H3. The van der Waals surface area contributed by atoms with E-state index in [4.69, 9.17) is 5.73 Å². The molecule has 0 bridgehead atoms. The van der Waals surface area contributed by atoms with E-state index in [0.717, 1.165) is 6.54 Å². The van der Waals surface area contributed by atoms with Gasteiger partial charge in [0.2, 0.25) is 0 Å². The molecule has 2 nitrogen and oxygen atoms in total. The van der Waals surface area contributed by atoms with Gasteiger partial charge in [-0.15, -0.1) is 0 Å². The molecule has 0 aromatic heterocycles. The van der Waals surface area contributed by atoms with Crippen LogP contribution in [0.4, 0.5) is 0 Å². The maximum Gasteiger partial charge on any atom is 0.00662 e. The van der Waals surface area contributed by atoms with Gasteiger partial charge in [-0.2, -0.15) is 11.8 Å². The summed E-state index contributed by atoms with van der Waals surface area (Å²) in [6, 6.07) is 0. The van der Waals surface area contributed by atoms with E-state index in [2.05, 4.69) is 25.9 Å². The Bertz CT molecular complexity index is 86.2. The lowest BCUT2D eigenvalue weighted by molar-refractivity contribution is 0.437. The molecule has 0 aliphatic heterocycles. The Morgan fingerprint density at radius 3 is 2.55 bits per heavy atom. The zero-order valence-electron chi connectivity index (χ0n) is 7.84. The minimum Gasteiger partial charge on any atom is -0.330 e. The first-order valence-corrected chi connectivity index (χ1v) is 5.24. The molecule has 1 atom stereocenters. The lowest BCUT2D eigenvalue weighted by Crippen LogP contribution is -2.17. The topological polar surface area (TPSA) is 29.3 Å². The van der Waals surface area contributed by atoms with Crippen LogP contribution in [0.2, 0.25) is 0 Å². The van der Waals surface area contributed by atoms with E-state index in [0.29, 0.717) is 5.92 Å². The Morgan fingerprint density at radius 1 is 1.45 bits per heavy atom. The second kappa shape index (κ2) is 6.95. The minimum absolute atomic E-state index is 0.669. The molecule has 0 aromatic carbocycles. The van der Waals surface area contributed by atoms with Crippen molar-refractivity contribution in [2.75, 3.05) is 38.7 Å².